The summed E-state index contributed by atoms with van der Waals surface area (Å²) in [5.74, 6) is 0.777. The van der Waals surface area contributed by atoms with E-state index in [0.717, 1.165) is 16.9 Å². The lowest BCUT2D eigenvalue weighted by atomic mass is 10.1. The van der Waals surface area contributed by atoms with Crippen molar-refractivity contribution in [3.63, 3.8) is 0 Å². The van der Waals surface area contributed by atoms with E-state index in [-0.39, 0.29) is 0 Å². The van der Waals surface area contributed by atoms with Crippen molar-refractivity contribution in [1.29, 1.82) is 0 Å². The molecule has 0 unspecified atom stereocenters. The number of fused-ring (bicyclic) bond motifs is 1. The largest absolute Gasteiger partial charge is 0.487 e. The van der Waals surface area contributed by atoms with Crippen LogP contribution in [0.15, 0.2) is 48.9 Å². The standard InChI is InChI=1S/C16H17N3O/c1-19-10-13(11-20-14-3-2-6-18-9-14)15-7-12(8-17)4-5-16(15)19/h2-7,9-10H,8,11,17H2,1H3. The molecule has 0 atom stereocenters. The number of aryl methyl sites for hydroxylation is 1. The minimum atomic E-state index is 0.525. The summed E-state index contributed by atoms with van der Waals surface area (Å²) in [4.78, 5) is 4.05. The first-order chi connectivity index (χ1) is 9.78. The lowest BCUT2D eigenvalue weighted by molar-refractivity contribution is 0.306. The average Bonchev–Trinajstić information content (AvgIpc) is 2.82. The summed E-state index contributed by atoms with van der Waals surface area (Å²) in [7, 11) is 2.04. The Morgan fingerprint density at radius 1 is 1.30 bits per heavy atom. The van der Waals surface area contributed by atoms with Crippen molar-refractivity contribution in [3.05, 3.63) is 60.0 Å². The second-order valence-corrected chi connectivity index (χ2v) is 4.80. The Kier molecular flexibility index (Phi) is 3.39. The maximum Gasteiger partial charge on any atom is 0.138 e. The number of pyridine rings is 1. The molecule has 0 saturated heterocycles. The molecular formula is C16H17N3O. The maximum atomic E-state index is 5.78. The van der Waals surface area contributed by atoms with Gasteiger partial charge in [-0.3, -0.25) is 4.98 Å². The van der Waals surface area contributed by atoms with Crippen LogP contribution in [0.3, 0.4) is 0 Å². The molecule has 0 radical (unpaired) electrons. The van der Waals surface area contributed by atoms with E-state index in [9.17, 15) is 0 Å². The first-order valence-corrected chi connectivity index (χ1v) is 6.57. The summed E-state index contributed by atoms with van der Waals surface area (Å²) in [6.45, 7) is 1.07. The predicted octanol–water partition coefficient (Wildman–Crippen LogP) is 2.61. The minimum absolute atomic E-state index is 0.525. The Bertz CT molecular complexity index is 719. The van der Waals surface area contributed by atoms with E-state index in [1.807, 2.05) is 19.2 Å². The molecule has 20 heavy (non-hydrogen) atoms. The van der Waals surface area contributed by atoms with Gasteiger partial charge in [0.25, 0.3) is 0 Å². The monoisotopic (exact) mass is 267 g/mol. The number of hydrogen-bond acceptors (Lipinski definition) is 3. The molecule has 4 nitrogen and oxygen atoms in total. The molecule has 4 heteroatoms. The Hall–Kier alpha value is -2.33. The predicted molar refractivity (Wildman–Crippen MR) is 79.4 cm³/mol. The zero-order valence-electron chi connectivity index (χ0n) is 11.4. The molecule has 0 saturated carbocycles. The molecule has 0 amide bonds. The molecule has 0 aliphatic carbocycles. The lowest BCUT2D eigenvalue weighted by Crippen LogP contribution is -1.97. The second-order valence-electron chi connectivity index (χ2n) is 4.80. The van der Waals surface area contributed by atoms with Crippen LogP contribution in [0.25, 0.3) is 10.9 Å². The van der Waals surface area contributed by atoms with Crippen LogP contribution in [0.4, 0.5) is 0 Å². The third-order valence-electron chi connectivity index (χ3n) is 3.40. The molecule has 2 N–H and O–H groups in total. The van der Waals surface area contributed by atoms with Crippen LogP contribution >= 0.6 is 0 Å². The van der Waals surface area contributed by atoms with Gasteiger partial charge in [0.2, 0.25) is 0 Å². The van der Waals surface area contributed by atoms with Gasteiger partial charge in [-0.2, -0.15) is 0 Å². The summed E-state index contributed by atoms with van der Waals surface area (Å²) in [5, 5.41) is 1.19. The highest BCUT2D eigenvalue weighted by molar-refractivity contribution is 5.84. The third kappa shape index (κ3) is 2.38. The number of rotatable bonds is 4. The first-order valence-electron chi connectivity index (χ1n) is 6.57. The highest BCUT2D eigenvalue weighted by atomic mass is 16.5. The van der Waals surface area contributed by atoms with Crippen LogP contribution in [0.5, 0.6) is 5.75 Å². The molecule has 2 heterocycles. The van der Waals surface area contributed by atoms with E-state index in [1.165, 1.54) is 10.9 Å². The van der Waals surface area contributed by atoms with Gasteiger partial charge in [-0.15, -0.1) is 0 Å². The van der Waals surface area contributed by atoms with E-state index in [2.05, 4.69) is 33.9 Å². The van der Waals surface area contributed by atoms with E-state index < -0.39 is 0 Å². The highest BCUT2D eigenvalue weighted by Crippen LogP contribution is 2.23. The van der Waals surface area contributed by atoms with E-state index in [0.29, 0.717) is 13.2 Å². The fourth-order valence-corrected chi connectivity index (χ4v) is 2.36. The van der Waals surface area contributed by atoms with Crippen molar-refractivity contribution in [2.24, 2.45) is 12.8 Å². The van der Waals surface area contributed by atoms with Gasteiger partial charge in [-0.1, -0.05) is 6.07 Å². The van der Waals surface area contributed by atoms with Crippen LogP contribution < -0.4 is 10.5 Å². The minimum Gasteiger partial charge on any atom is -0.487 e. The Labute approximate surface area is 117 Å². The summed E-state index contributed by atoms with van der Waals surface area (Å²) < 4.78 is 7.89. The molecular weight excluding hydrogens is 250 g/mol. The SMILES string of the molecule is Cn1cc(COc2cccnc2)c2cc(CN)ccc21. The molecule has 0 aliphatic heterocycles. The van der Waals surface area contributed by atoms with Crippen molar-refractivity contribution < 1.29 is 4.74 Å². The first kappa shape index (κ1) is 12.7. The zero-order valence-corrected chi connectivity index (χ0v) is 11.4. The topological polar surface area (TPSA) is 53.1 Å². The van der Waals surface area contributed by atoms with Crippen molar-refractivity contribution in [2.45, 2.75) is 13.2 Å². The molecule has 3 aromatic rings. The van der Waals surface area contributed by atoms with Gasteiger partial charge in [0.15, 0.2) is 0 Å². The van der Waals surface area contributed by atoms with Gasteiger partial charge in [0.1, 0.15) is 12.4 Å². The molecule has 102 valence electrons. The molecule has 0 spiro atoms. The lowest BCUT2D eigenvalue weighted by Gasteiger charge is -2.05. The fourth-order valence-electron chi connectivity index (χ4n) is 2.36. The normalized spacial score (nSPS) is 10.9. The van der Waals surface area contributed by atoms with E-state index in [1.54, 1.807) is 12.4 Å². The molecule has 1 aromatic carbocycles. The summed E-state index contributed by atoms with van der Waals surface area (Å²) in [5.41, 5.74) is 9.19. The molecule has 3 rings (SSSR count). The van der Waals surface area contributed by atoms with Crippen LogP contribution in [0.1, 0.15) is 11.1 Å². The quantitative estimate of drug-likeness (QED) is 0.790. The van der Waals surface area contributed by atoms with Crippen LogP contribution in [-0.2, 0) is 20.2 Å². The van der Waals surface area contributed by atoms with Crippen molar-refractivity contribution >= 4 is 10.9 Å². The van der Waals surface area contributed by atoms with Crippen LogP contribution in [0.2, 0.25) is 0 Å². The van der Waals surface area contributed by atoms with Gasteiger partial charge in [-0.25, -0.2) is 0 Å². The summed E-state index contributed by atoms with van der Waals surface area (Å²) in [6.07, 6.45) is 5.55. The Balaban J connectivity index is 1.91. The number of nitrogens with zero attached hydrogens (tertiary/aromatic N) is 2. The van der Waals surface area contributed by atoms with E-state index in [4.69, 9.17) is 10.5 Å². The van der Waals surface area contributed by atoms with Crippen molar-refractivity contribution in [3.8, 4) is 5.75 Å². The van der Waals surface area contributed by atoms with Gasteiger partial charge in [0.05, 0.1) is 6.20 Å². The van der Waals surface area contributed by atoms with E-state index >= 15 is 0 Å². The molecule has 0 aliphatic rings. The average molecular weight is 267 g/mol. The summed E-state index contributed by atoms with van der Waals surface area (Å²) in [6, 6.07) is 10.1. The maximum absolute atomic E-state index is 5.78. The zero-order chi connectivity index (χ0) is 13.9. The number of aromatic nitrogens is 2. The Morgan fingerprint density at radius 2 is 2.20 bits per heavy atom. The van der Waals surface area contributed by atoms with Crippen LogP contribution in [0, 0.1) is 0 Å². The van der Waals surface area contributed by atoms with Gasteiger partial charge < -0.3 is 15.0 Å². The number of hydrogen-bond donors (Lipinski definition) is 1. The van der Waals surface area contributed by atoms with Gasteiger partial charge in [-0.05, 0) is 29.8 Å². The van der Waals surface area contributed by atoms with Crippen molar-refractivity contribution in [2.75, 3.05) is 0 Å². The van der Waals surface area contributed by atoms with Gasteiger partial charge in [0, 0.05) is 42.5 Å². The highest BCUT2D eigenvalue weighted by Gasteiger charge is 2.08. The van der Waals surface area contributed by atoms with Crippen LogP contribution in [-0.4, -0.2) is 9.55 Å². The fraction of sp³-hybridized carbons (Fsp3) is 0.188. The molecule has 2 aromatic heterocycles. The number of ether oxygens (including phenoxy) is 1. The number of benzene rings is 1. The molecule has 0 fully saturated rings. The summed E-state index contributed by atoms with van der Waals surface area (Å²) >= 11 is 0. The van der Waals surface area contributed by atoms with Crippen molar-refractivity contribution in [1.82, 2.24) is 9.55 Å². The Morgan fingerprint density at radius 3 is 2.95 bits per heavy atom. The van der Waals surface area contributed by atoms with Gasteiger partial charge >= 0.3 is 0 Å². The second kappa shape index (κ2) is 5.35. The molecule has 0 bridgehead atoms. The number of nitrogens with two attached hydrogens (primary N) is 1. The smallest absolute Gasteiger partial charge is 0.138 e. The third-order valence-corrected chi connectivity index (χ3v) is 3.40.